The van der Waals surface area contributed by atoms with Gasteiger partial charge in [0.2, 0.25) is 0 Å². The monoisotopic (exact) mass is 277 g/mol. The average molecular weight is 277 g/mol. The molecule has 0 spiro atoms. The Labute approximate surface area is 117 Å². The molecule has 0 aliphatic carbocycles. The molecule has 3 N–H and O–H groups in total. The summed E-state index contributed by atoms with van der Waals surface area (Å²) in [6.45, 7) is 1.81. The molecule has 19 heavy (non-hydrogen) atoms. The zero-order valence-electron chi connectivity index (χ0n) is 10.9. The Morgan fingerprint density at radius 2 is 2.37 bits per heavy atom. The number of ether oxygens (including phenoxy) is 1. The Bertz CT molecular complexity index is 549. The topological polar surface area (TPSA) is 60.2 Å². The fourth-order valence-corrected chi connectivity index (χ4v) is 3.20. The predicted octanol–water partition coefficient (Wildman–Crippen LogP) is 3.25. The van der Waals surface area contributed by atoms with Gasteiger partial charge in [0.05, 0.1) is 27.7 Å². The molecule has 2 heterocycles. The number of nitrogens with zero attached hydrogens (tertiary/aromatic N) is 1. The van der Waals surface area contributed by atoms with Gasteiger partial charge in [-0.2, -0.15) is 0 Å². The maximum atomic E-state index is 6.13. The van der Waals surface area contributed by atoms with Crippen LogP contribution in [-0.4, -0.2) is 24.2 Å². The van der Waals surface area contributed by atoms with Crippen LogP contribution in [0.2, 0.25) is 0 Å². The summed E-state index contributed by atoms with van der Waals surface area (Å²) in [5.74, 6) is 0. The van der Waals surface area contributed by atoms with Gasteiger partial charge in [0.25, 0.3) is 0 Å². The van der Waals surface area contributed by atoms with Gasteiger partial charge in [0.1, 0.15) is 5.52 Å². The molecule has 1 aromatic heterocycles. The van der Waals surface area contributed by atoms with E-state index >= 15 is 0 Å². The van der Waals surface area contributed by atoms with Gasteiger partial charge in [0, 0.05) is 13.2 Å². The summed E-state index contributed by atoms with van der Waals surface area (Å²) in [5.41, 5.74) is 10.6. The Morgan fingerprint density at radius 3 is 3.21 bits per heavy atom. The van der Waals surface area contributed by atoms with Crippen LogP contribution in [0.5, 0.6) is 0 Å². The lowest BCUT2D eigenvalue weighted by Crippen LogP contribution is -2.22. The molecule has 1 unspecified atom stereocenters. The van der Waals surface area contributed by atoms with Crippen LogP contribution in [0.15, 0.2) is 17.6 Å². The van der Waals surface area contributed by atoms with E-state index in [0.717, 1.165) is 41.2 Å². The number of nitrogens with two attached hydrogens (primary N) is 1. The highest BCUT2D eigenvalue weighted by Crippen LogP contribution is 2.30. The molecular formula is C14H19N3OS. The number of thiazole rings is 1. The Hall–Kier alpha value is -1.33. The zero-order chi connectivity index (χ0) is 13.1. The first-order chi connectivity index (χ1) is 9.34. The summed E-state index contributed by atoms with van der Waals surface area (Å²) in [6, 6.07) is 4.11. The lowest BCUT2D eigenvalue weighted by atomic mass is 10.1. The van der Waals surface area contributed by atoms with Crippen molar-refractivity contribution in [3.05, 3.63) is 17.6 Å². The highest BCUT2D eigenvalue weighted by Gasteiger charge is 2.13. The molecule has 3 rings (SSSR count). The van der Waals surface area contributed by atoms with Gasteiger partial charge in [-0.05, 0) is 37.8 Å². The minimum absolute atomic E-state index is 0.408. The number of hydrogen-bond acceptors (Lipinski definition) is 5. The second-order valence-electron chi connectivity index (χ2n) is 4.93. The van der Waals surface area contributed by atoms with Crippen molar-refractivity contribution in [1.82, 2.24) is 4.98 Å². The largest absolute Gasteiger partial charge is 0.395 e. The highest BCUT2D eigenvalue weighted by atomic mass is 32.1. The summed E-state index contributed by atoms with van der Waals surface area (Å²) < 4.78 is 6.86. The van der Waals surface area contributed by atoms with Crippen LogP contribution in [0, 0.1) is 0 Å². The fourth-order valence-electron chi connectivity index (χ4n) is 2.51. The van der Waals surface area contributed by atoms with Crippen LogP contribution in [-0.2, 0) is 4.74 Å². The van der Waals surface area contributed by atoms with Crippen LogP contribution in [0.4, 0.5) is 11.4 Å². The summed E-state index contributed by atoms with van der Waals surface area (Å²) in [4.78, 5) is 4.31. The second-order valence-corrected chi connectivity index (χ2v) is 5.82. The van der Waals surface area contributed by atoms with Crippen LogP contribution in [0.25, 0.3) is 10.2 Å². The van der Waals surface area contributed by atoms with E-state index in [1.165, 1.54) is 19.3 Å². The number of hydrogen-bond donors (Lipinski definition) is 2. The van der Waals surface area contributed by atoms with Crippen LogP contribution >= 0.6 is 11.3 Å². The molecule has 102 valence electrons. The van der Waals surface area contributed by atoms with E-state index in [9.17, 15) is 0 Å². The van der Waals surface area contributed by atoms with Crippen molar-refractivity contribution in [2.45, 2.75) is 31.8 Å². The van der Waals surface area contributed by atoms with Crippen molar-refractivity contribution in [3.8, 4) is 0 Å². The lowest BCUT2D eigenvalue weighted by Gasteiger charge is -2.22. The Kier molecular flexibility index (Phi) is 3.84. The minimum atomic E-state index is 0.408. The van der Waals surface area contributed by atoms with Gasteiger partial charge in [-0.3, -0.25) is 0 Å². The number of benzene rings is 1. The molecule has 0 bridgehead atoms. The number of aromatic nitrogens is 1. The van der Waals surface area contributed by atoms with Gasteiger partial charge < -0.3 is 15.8 Å². The standard InChI is InChI=1S/C14H19N3OS/c15-13-11(4-5-12-14(13)17-9-19-12)16-7-6-10-3-1-2-8-18-10/h4-5,9-10,16H,1-3,6-8,15H2. The van der Waals surface area contributed by atoms with Crippen LogP contribution in [0.1, 0.15) is 25.7 Å². The predicted molar refractivity (Wildman–Crippen MR) is 80.7 cm³/mol. The molecule has 4 nitrogen and oxygen atoms in total. The molecule has 0 amide bonds. The number of nitrogen functional groups attached to an aromatic ring is 1. The van der Waals surface area contributed by atoms with Crippen molar-refractivity contribution in [3.63, 3.8) is 0 Å². The van der Waals surface area contributed by atoms with Crippen molar-refractivity contribution in [2.75, 3.05) is 24.2 Å². The molecule has 1 saturated heterocycles. The number of rotatable bonds is 4. The van der Waals surface area contributed by atoms with Crippen molar-refractivity contribution < 1.29 is 4.74 Å². The third-order valence-electron chi connectivity index (χ3n) is 3.60. The molecule has 1 fully saturated rings. The highest BCUT2D eigenvalue weighted by molar-refractivity contribution is 7.16. The molecule has 0 saturated carbocycles. The molecule has 0 radical (unpaired) electrons. The second kappa shape index (κ2) is 5.75. The summed E-state index contributed by atoms with van der Waals surface area (Å²) >= 11 is 1.62. The van der Waals surface area contributed by atoms with Gasteiger partial charge in [0.15, 0.2) is 0 Å². The van der Waals surface area contributed by atoms with E-state index in [0.29, 0.717) is 6.10 Å². The summed E-state index contributed by atoms with van der Waals surface area (Å²) in [7, 11) is 0. The van der Waals surface area contributed by atoms with E-state index in [2.05, 4.69) is 16.4 Å². The molecule has 5 heteroatoms. The summed E-state index contributed by atoms with van der Waals surface area (Å²) in [5, 5.41) is 3.40. The first-order valence-corrected chi connectivity index (χ1v) is 7.70. The molecule has 1 aliphatic heterocycles. The molecule has 2 aromatic rings. The van der Waals surface area contributed by atoms with Gasteiger partial charge in [-0.15, -0.1) is 11.3 Å². The Morgan fingerprint density at radius 1 is 1.42 bits per heavy atom. The van der Waals surface area contributed by atoms with Crippen LogP contribution in [0.3, 0.4) is 0 Å². The molecule has 1 aromatic carbocycles. The zero-order valence-corrected chi connectivity index (χ0v) is 11.7. The molecular weight excluding hydrogens is 258 g/mol. The molecule has 1 aliphatic rings. The first kappa shape index (κ1) is 12.7. The van der Waals surface area contributed by atoms with Gasteiger partial charge in [-0.1, -0.05) is 0 Å². The van der Waals surface area contributed by atoms with Crippen molar-refractivity contribution >= 4 is 32.9 Å². The van der Waals surface area contributed by atoms with Gasteiger partial charge >= 0.3 is 0 Å². The van der Waals surface area contributed by atoms with Crippen molar-refractivity contribution in [1.29, 1.82) is 0 Å². The summed E-state index contributed by atoms with van der Waals surface area (Å²) in [6.07, 6.45) is 5.12. The van der Waals surface area contributed by atoms with E-state index in [1.54, 1.807) is 11.3 Å². The van der Waals surface area contributed by atoms with Crippen LogP contribution < -0.4 is 11.1 Å². The average Bonchev–Trinajstić information content (AvgIpc) is 2.92. The van der Waals surface area contributed by atoms with E-state index < -0.39 is 0 Å². The fraction of sp³-hybridized carbons (Fsp3) is 0.500. The third-order valence-corrected chi connectivity index (χ3v) is 4.39. The van der Waals surface area contributed by atoms with Gasteiger partial charge in [-0.25, -0.2) is 4.98 Å². The lowest BCUT2D eigenvalue weighted by molar-refractivity contribution is 0.0134. The maximum Gasteiger partial charge on any atom is 0.106 e. The molecule has 1 atom stereocenters. The SMILES string of the molecule is Nc1c(NCCC2CCCCO2)ccc2scnc12. The quantitative estimate of drug-likeness (QED) is 0.842. The van der Waals surface area contributed by atoms with E-state index in [1.807, 2.05) is 11.6 Å². The minimum Gasteiger partial charge on any atom is -0.395 e. The normalized spacial score (nSPS) is 19.7. The van der Waals surface area contributed by atoms with E-state index in [4.69, 9.17) is 10.5 Å². The third kappa shape index (κ3) is 2.82. The van der Waals surface area contributed by atoms with E-state index in [-0.39, 0.29) is 0 Å². The first-order valence-electron chi connectivity index (χ1n) is 6.82. The number of fused-ring (bicyclic) bond motifs is 1. The Balaban J connectivity index is 1.60. The van der Waals surface area contributed by atoms with Crippen molar-refractivity contribution in [2.24, 2.45) is 0 Å². The number of nitrogens with one attached hydrogen (secondary N) is 1. The smallest absolute Gasteiger partial charge is 0.106 e. The number of anilines is 2. The maximum absolute atomic E-state index is 6.13.